The number of carbonyl (C=O) groups excluding carboxylic acids is 1. The van der Waals surface area contributed by atoms with Crippen molar-refractivity contribution in [3.63, 3.8) is 0 Å². The van der Waals surface area contributed by atoms with Crippen LogP contribution in [0.2, 0.25) is 0 Å². The van der Waals surface area contributed by atoms with Gasteiger partial charge in [-0.15, -0.1) is 11.3 Å². The van der Waals surface area contributed by atoms with Gasteiger partial charge < -0.3 is 4.42 Å². The van der Waals surface area contributed by atoms with Crippen LogP contribution in [0.5, 0.6) is 0 Å². The molecule has 4 nitrogen and oxygen atoms in total. The van der Waals surface area contributed by atoms with E-state index >= 15 is 0 Å². The van der Waals surface area contributed by atoms with Gasteiger partial charge >= 0.3 is 0 Å². The van der Waals surface area contributed by atoms with Crippen LogP contribution in [-0.2, 0) is 0 Å². The lowest BCUT2D eigenvalue weighted by Crippen LogP contribution is -2.17. The predicted octanol–water partition coefficient (Wildman–Crippen LogP) is 2.72. The molecule has 88 valence electrons. The van der Waals surface area contributed by atoms with E-state index in [1.54, 1.807) is 30.5 Å². The standard InChI is InChI=1S/C12H12N2O2S/c1-8-4-6-17-11(8)7-13-14-12(15)10-3-5-16-9(10)2/h3-7H,1-2H3,(H,14,15)/b13-7+. The third-order valence-electron chi connectivity index (χ3n) is 2.35. The summed E-state index contributed by atoms with van der Waals surface area (Å²) in [7, 11) is 0. The molecular formula is C12H12N2O2S. The summed E-state index contributed by atoms with van der Waals surface area (Å²) in [5.74, 6) is 0.326. The molecule has 0 saturated carbocycles. The zero-order valence-electron chi connectivity index (χ0n) is 9.56. The van der Waals surface area contributed by atoms with Crippen molar-refractivity contribution in [1.29, 1.82) is 0 Å². The van der Waals surface area contributed by atoms with Gasteiger partial charge in [0, 0.05) is 4.88 Å². The van der Waals surface area contributed by atoms with Crippen LogP contribution in [-0.4, -0.2) is 12.1 Å². The van der Waals surface area contributed by atoms with Crippen LogP contribution in [0.4, 0.5) is 0 Å². The molecule has 0 aliphatic carbocycles. The molecule has 0 saturated heterocycles. The Morgan fingerprint density at radius 2 is 2.29 bits per heavy atom. The molecule has 5 heteroatoms. The number of hydrogen-bond donors (Lipinski definition) is 1. The van der Waals surface area contributed by atoms with Crippen LogP contribution in [0.15, 0.2) is 33.3 Å². The van der Waals surface area contributed by atoms with E-state index in [-0.39, 0.29) is 5.91 Å². The van der Waals surface area contributed by atoms with Gasteiger partial charge in [0.2, 0.25) is 0 Å². The van der Waals surface area contributed by atoms with E-state index in [0.717, 1.165) is 10.4 Å². The molecule has 1 amide bonds. The second kappa shape index (κ2) is 4.97. The highest BCUT2D eigenvalue weighted by Crippen LogP contribution is 2.12. The van der Waals surface area contributed by atoms with Crippen molar-refractivity contribution in [3.05, 3.63) is 45.5 Å². The molecule has 0 aromatic carbocycles. The van der Waals surface area contributed by atoms with Crippen molar-refractivity contribution in [2.24, 2.45) is 5.10 Å². The smallest absolute Gasteiger partial charge is 0.274 e. The maximum Gasteiger partial charge on any atom is 0.274 e. The van der Waals surface area contributed by atoms with Crippen LogP contribution in [0.3, 0.4) is 0 Å². The molecule has 2 rings (SSSR count). The van der Waals surface area contributed by atoms with Crippen LogP contribution in [0.25, 0.3) is 0 Å². The number of hydrazone groups is 1. The molecule has 2 aromatic heterocycles. The lowest BCUT2D eigenvalue weighted by Gasteiger charge is -1.96. The summed E-state index contributed by atoms with van der Waals surface area (Å²) < 4.78 is 5.05. The lowest BCUT2D eigenvalue weighted by molar-refractivity contribution is 0.0953. The molecule has 0 atom stereocenters. The minimum atomic E-state index is -0.262. The van der Waals surface area contributed by atoms with Crippen molar-refractivity contribution in [3.8, 4) is 0 Å². The molecule has 17 heavy (non-hydrogen) atoms. The van der Waals surface area contributed by atoms with E-state index in [4.69, 9.17) is 4.42 Å². The molecule has 2 aromatic rings. The summed E-state index contributed by atoms with van der Waals surface area (Å²) in [4.78, 5) is 12.7. The molecule has 0 aliphatic heterocycles. The third kappa shape index (κ3) is 2.62. The minimum Gasteiger partial charge on any atom is -0.469 e. The Balaban J connectivity index is 2.00. The van der Waals surface area contributed by atoms with Crippen molar-refractivity contribution in [2.45, 2.75) is 13.8 Å². The molecular weight excluding hydrogens is 236 g/mol. The van der Waals surface area contributed by atoms with E-state index in [1.165, 1.54) is 6.26 Å². The number of thiophene rings is 1. The first-order valence-corrected chi connectivity index (χ1v) is 5.98. The number of hydrogen-bond acceptors (Lipinski definition) is 4. The lowest BCUT2D eigenvalue weighted by atomic mass is 10.2. The number of aryl methyl sites for hydroxylation is 2. The first-order valence-electron chi connectivity index (χ1n) is 5.10. The predicted molar refractivity (Wildman–Crippen MR) is 67.6 cm³/mol. The van der Waals surface area contributed by atoms with E-state index in [2.05, 4.69) is 10.5 Å². The number of amides is 1. The summed E-state index contributed by atoms with van der Waals surface area (Å²) in [6.45, 7) is 3.74. The van der Waals surface area contributed by atoms with Gasteiger partial charge in [0.15, 0.2) is 0 Å². The SMILES string of the molecule is Cc1ccsc1/C=N/NC(=O)c1ccoc1C. The number of furan rings is 1. The number of rotatable bonds is 3. The first kappa shape index (κ1) is 11.6. The van der Waals surface area contributed by atoms with Gasteiger partial charge in [-0.3, -0.25) is 4.79 Å². The van der Waals surface area contributed by atoms with Gasteiger partial charge in [-0.25, -0.2) is 5.43 Å². The fourth-order valence-electron chi connectivity index (χ4n) is 1.35. The molecule has 0 bridgehead atoms. The summed E-state index contributed by atoms with van der Waals surface area (Å²) in [6.07, 6.45) is 3.13. The second-order valence-corrected chi connectivity index (χ2v) is 4.51. The molecule has 2 heterocycles. The first-order chi connectivity index (χ1) is 8.18. The van der Waals surface area contributed by atoms with Gasteiger partial charge in [0.25, 0.3) is 5.91 Å². The average molecular weight is 248 g/mol. The highest BCUT2D eigenvalue weighted by Gasteiger charge is 2.09. The molecule has 0 spiro atoms. The van der Waals surface area contributed by atoms with Crippen molar-refractivity contribution in [1.82, 2.24) is 5.43 Å². The monoisotopic (exact) mass is 248 g/mol. The highest BCUT2D eigenvalue weighted by atomic mass is 32.1. The fraction of sp³-hybridized carbons (Fsp3) is 0.167. The largest absolute Gasteiger partial charge is 0.469 e. The van der Waals surface area contributed by atoms with Crippen LogP contribution < -0.4 is 5.43 Å². The minimum absolute atomic E-state index is 0.262. The Morgan fingerprint density at radius 1 is 1.47 bits per heavy atom. The van der Waals surface area contributed by atoms with Gasteiger partial charge in [0.05, 0.1) is 18.0 Å². The van der Waals surface area contributed by atoms with Gasteiger partial charge in [-0.2, -0.15) is 5.10 Å². The number of carbonyl (C=O) groups is 1. The zero-order chi connectivity index (χ0) is 12.3. The Morgan fingerprint density at radius 3 is 2.88 bits per heavy atom. The van der Waals surface area contributed by atoms with Gasteiger partial charge in [-0.1, -0.05) is 0 Å². The number of nitrogens with one attached hydrogen (secondary N) is 1. The fourth-order valence-corrected chi connectivity index (χ4v) is 2.13. The maximum atomic E-state index is 11.7. The zero-order valence-corrected chi connectivity index (χ0v) is 10.4. The average Bonchev–Trinajstić information content (AvgIpc) is 2.88. The number of nitrogens with zero attached hydrogens (tertiary/aromatic N) is 1. The molecule has 1 N–H and O–H groups in total. The summed E-state index contributed by atoms with van der Waals surface area (Å²) in [6, 6.07) is 3.63. The van der Waals surface area contributed by atoms with Crippen LogP contribution >= 0.6 is 11.3 Å². The highest BCUT2D eigenvalue weighted by molar-refractivity contribution is 7.11. The van der Waals surface area contributed by atoms with Gasteiger partial charge in [-0.05, 0) is 36.9 Å². The second-order valence-electron chi connectivity index (χ2n) is 3.56. The van der Waals surface area contributed by atoms with E-state index in [0.29, 0.717) is 11.3 Å². The molecule has 0 radical (unpaired) electrons. The van der Waals surface area contributed by atoms with Gasteiger partial charge in [0.1, 0.15) is 5.76 Å². The normalized spacial score (nSPS) is 10.9. The Labute approximate surface area is 103 Å². The van der Waals surface area contributed by atoms with Crippen molar-refractivity contribution < 1.29 is 9.21 Å². The summed E-state index contributed by atoms with van der Waals surface area (Å²) in [5.41, 5.74) is 4.12. The molecule has 0 unspecified atom stereocenters. The topological polar surface area (TPSA) is 54.6 Å². The van der Waals surface area contributed by atoms with E-state index < -0.39 is 0 Å². The third-order valence-corrected chi connectivity index (χ3v) is 3.31. The molecule has 0 aliphatic rings. The Hall–Kier alpha value is -1.88. The van der Waals surface area contributed by atoms with Crippen molar-refractivity contribution >= 4 is 23.5 Å². The van der Waals surface area contributed by atoms with Crippen LogP contribution in [0.1, 0.15) is 26.6 Å². The summed E-state index contributed by atoms with van der Waals surface area (Å²) >= 11 is 1.58. The van der Waals surface area contributed by atoms with Crippen molar-refractivity contribution in [2.75, 3.05) is 0 Å². The maximum absolute atomic E-state index is 11.7. The quantitative estimate of drug-likeness (QED) is 0.670. The molecule has 0 fully saturated rings. The summed E-state index contributed by atoms with van der Waals surface area (Å²) in [5, 5.41) is 5.90. The van der Waals surface area contributed by atoms with Crippen LogP contribution in [0, 0.1) is 13.8 Å². The Bertz CT molecular complexity index is 554. The van der Waals surface area contributed by atoms with E-state index in [9.17, 15) is 4.79 Å². The Kier molecular flexibility index (Phi) is 3.39. The van der Waals surface area contributed by atoms with E-state index in [1.807, 2.05) is 18.4 Å².